The SMILES string of the molecule is C#C/C(I)=C\C(Cl)=C(/C)C(F)(F)F. The molecule has 0 aromatic rings. The third-order valence-electron chi connectivity index (χ3n) is 1.17. The maximum Gasteiger partial charge on any atom is 0.413 e. The number of rotatable bonds is 1. The molecule has 0 heterocycles. The van der Waals surface area contributed by atoms with Crippen molar-refractivity contribution in [3.8, 4) is 12.3 Å². The fraction of sp³-hybridized carbons (Fsp3) is 0.250. The summed E-state index contributed by atoms with van der Waals surface area (Å²) in [7, 11) is 0. The zero-order chi connectivity index (χ0) is 10.6. The summed E-state index contributed by atoms with van der Waals surface area (Å²) in [5.41, 5.74) is -0.849. The van der Waals surface area contributed by atoms with Crippen LogP contribution in [0.25, 0.3) is 0 Å². The van der Waals surface area contributed by atoms with Crippen molar-refractivity contribution in [2.45, 2.75) is 13.1 Å². The third-order valence-corrected chi connectivity index (χ3v) is 2.19. The molecule has 0 saturated carbocycles. The van der Waals surface area contributed by atoms with Crippen LogP contribution in [0.15, 0.2) is 20.3 Å². The van der Waals surface area contributed by atoms with Crippen LogP contribution in [0, 0.1) is 12.3 Å². The third kappa shape index (κ3) is 4.58. The van der Waals surface area contributed by atoms with Crippen LogP contribution in [0.2, 0.25) is 0 Å². The minimum atomic E-state index is -4.40. The Morgan fingerprint density at radius 2 is 2.00 bits per heavy atom. The molecule has 0 rings (SSSR count). The van der Waals surface area contributed by atoms with E-state index in [1.807, 2.05) is 0 Å². The van der Waals surface area contributed by atoms with Crippen molar-refractivity contribution in [2.24, 2.45) is 0 Å². The molecule has 0 aliphatic heterocycles. The predicted molar refractivity (Wildman–Crippen MR) is 55.5 cm³/mol. The van der Waals surface area contributed by atoms with Gasteiger partial charge in [0.2, 0.25) is 0 Å². The van der Waals surface area contributed by atoms with Crippen LogP contribution in [0.1, 0.15) is 6.92 Å². The van der Waals surface area contributed by atoms with Gasteiger partial charge in [-0.1, -0.05) is 17.5 Å². The Bertz CT molecular complexity index is 293. The highest BCUT2D eigenvalue weighted by molar-refractivity contribution is 14.1. The fourth-order valence-electron chi connectivity index (χ4n) is 0.397. The van der Waals surface area contributed by atoms with Crippen molar-refractivity contribution < 1.29 is 13.2 Å². The minimum absolute atomic E-state index is 0.325. The molecule has 0 saturated heterocycles. The smallest absolute Gasteiger partial charge is 0.166 e. The van der Waals surface area contributed by atoms with Gasteiger partial charge in [0.15, 0.2) is 0 Å². The summed E-state index contributed by atoms with van der Waals surface area (Å²) in [4.78, 5) is 0. The fourth-order valence-corrected chi connectivity index (χ4v) is 1.11. The van der Waals surface area contributed by atoms with Crippen LogP contribution in [-0.2, 0) is 0 Å². The summed E-state index contributed by atoms with van der Waals surface area (Å²) >= 11 is 7.09. The number of halogens is 5. The summed E-state index contributed by atoms with van der Waals surface area (Å²) in [5, 5.41) is -0.380. The predicted octanol–water partition coefficient (Wildman–Crippen LogP) is 4.01. The molecule has 13 heavy (non-hydrogen) atoms. The first-order valence-corrected chi connectivity index (χ1v) is 4.52. The number of hydrogen-bond donors (Lipinski definition) is 0. The van der Waals surface area contributed by atoms with Crippen molar-refractivity contribution in [3.63, 3.8) is 0 Å². The first-order chi connectivity index (χ1) is 5.79. The molecule has 0 bridgehead atoms. The molecule has 0 aliphatic rings. The van der Waals surface area contributed by atoms with E-state index in [-0.39, 0.29) is 5.03 Å². The first-order valence-electron chi connectivity index (χ1n) is 3.06. The van der Waals surface area contributed by atoms with Gasteiger partial charge in [0.25, 0.3) is 0 Å². The van der Waals surface area contributed by atoms with Gasteiger partial charge in [0.05, 0.1) is 8.61 Å². The first kappa shape index (κ1) is 12.8. The lowest BCUT2D eigenvalue weighted by molar-refractivity contribution is -0.0915. The number of terminal acetylenes is 1. The quantitative estimate of drug-likeness (QED) is 0.389. The van der Waals surface area contributed by atoms with Gasteiger partial charge in [-0.25, -0.2) is 0 Å². The van der Waals surface area contributed by atoms with E-state index in [1.54, 1.807) is 22.6 Å². The molecule has 0 fully saturated rings. The molecule has 0 atom stereocenters. The van der Waals surface area contributed by atoms with Crippen LogP contribution in [0.3, 0.4) is 0 Å². The second kappa shape index (κ2) is 4.91. The molecule has 0 aromatic heterocycles. The summed E-state index contributed by atoms with van der Waals surface area (Å²) in [6, 6.07) is 0. The monoisotopic (exact) mass is 320 g/mol. The standard InChI is InChI=1S/C8H5ClF3I/c1-3-6(13)4-7(9)5(2)8(10,11)12/h1,4H,2H3/b6-4+,7-5-. The summed E-state index contributed by atoms with van der Waals surface area (Å²) < 4.78 is 36.4. The summed E-state index contributed by atoms with van der Waals surface area (Å²) in [5.74, 6) is 2.16. The molecule has 5 heteroatoms. The molecular formula is C8H5ClF3I. The van der Waals surface area contributed by atoms with E-state index in [0.29, 0.717) is 3.58 Å². The van der Waals surface area contributed by atoms with Crippen LogP contribution >= 0.6 is 34.2 Å². The van der Waals surface area contributed by atoms with Gasteiger partial charge in [-0.15, -0.1) is 6.42 Å². The Balaban J connectivity index is 4.98. The van der Waals surface area contributed by atoms with Crippen LogP contribution < -0.4 is 0 Å². The van der Waals surface area contributed by atoms with E-state index in [4.69, 9.17) is 18.0 Å². The highest BCUT2D eigenvalue weighted by Gasteiger charge is 2.31. The maximum atomic E-state index is 12.0. The Morgan fingerprint density at radius 3 is 2.31 bits per heavy atom. The topological polar surface area (TPSA) is 0 Å². The van der Waals surface area contributed by atoms with Crippen molar-refractivity contribution in [3.05, 3.63) is 20.3 Å². The molecule has 0 aliphatic carbocycles. The van der Waals surface area contributed by atoms with Gasteiger partial charge in [0, 0.05) is 5.57 Å². The molecule has 0 aromatic carbocycles. The van der Waals surface area contributed by atoms with E-state index in [9.17, 15) is 13.2 Å². The van der Waals surface area contributed by atoms with Crippen LogP contribution in [0.4, 0.5) is 13.2 Å². The van der Waals surface area contributed by atoms with E-state index in [2.05, 4.69) is 5.92 Å². The van der Waals surface area contributed by atoms with Gasteiger partial charge in [-0.2, -0.15) is 13.2 Å². The van der Waals surface area contributed by atoms with E-state index >= 15 is 0 Å². The average molecular weight is 320 g/mol. The Hall–Kier alpha value is -0.150. The second-order valence-corrected chi connectivity index (χ2v) is 3.68. The number of alkyl halides is 3. The van der Waals surface area contributed by atoms with E-state index in [0.717, 1.165) is 13.0 Å². The molecule has 0 radical (unpaired) electrons. The normalized spacial score (nSPS) is 15.0. The molecule has 0 spiro atoms. The largest absolute Gasteiger partial charge is 0.413 e. The van der Waals surface area contributed by atoms with Crippen molar-refractivity contribution in [1.82, 2.24) is 0 Å². The summed E-state index contributed by atoms with van der Waals surface area (Å²) in [6.45, 7) is 0.902. The van der Waals surface area contributed by atoms with Crippen LogP contribution in [-0.4, -0.2) is 6.18 Å². The van der Waals surface area contributed by atoms with Gasteiger partial charge in [-0.3, -0.25) is 0 Å². The lowest BCUT2D eigenvalue weighted by Gasteiger charge is -2.06. The van der Waals surface area contributed by atoms with E-state index < -0.39 is 11.7 Å². The second-order valence-electron chi connectivity index (χ2n) is 2.11. The minimum Gasteiger partial charge on any atom is -0.166 e. The summed E-state index contributed by atoms with van der Waals surface area (Å²) in [6.07, 6.45) is 1.64. The molecule has 0 unspecified atom stereocenters. The molecule has 72 valence electrons. The van der Waals surface area contributed by atoms with Crippen molar-refractivity contribution in [1.29, 1.82) is 0 Å². The average Bonchev–Trinajstić information content (AvgIpc) is 2.01. The number of allylic oxidation sites excluding steroid dienone is 4. The Labute approximate surface area is 93.0 Å². The van der Waals surface area contributed by atoms with Gasteiger partial charge in [-0.05, 0) is 35.6 Å². The molecule has 0 amide bonds. The van der Waals surface area contributed by atoms with Gasteiger partial charge >= 0.3 is 6.18 Å². The maximum absolute atomic E-state index is 12.0. The highest BCUT2D eigenvalue weighted by Crippen LogP contribution is 2.30. The van der Waals surface area contributed by atoms with Crippen molar-refractivity contribution >= 4 is 34.2 Å². The lowest BCUT2D eigenvalue weighted by atomic mass is 10.2. The Kier molecular flexibility index (Phi) is 4.86. The lowest BCUT2D eigenvalue weighted by Crippen LogP contribution is -2.09. The zero-order valence-corrected chi connectivity index (χ0v) is 9.46. The molecule has 0 N–H and O–H groups in total. The molecule has 0 nitrogen and oxygen atoms in total. The Morgan fingerprint density at radius 1 is 1.54 bits per heavy atom. The van der Waals surface area contributed by atoms with Gasteiger partial charge < -0.3 is 0 Å². The zero-order valence-electron chi connectivity index (χ0n) is 6.54. The molecular weight excluding hydrogens is 315 g/mol. The van der Waals surface area contributed by atoms with Gasteiger partial charge in [0.1, 0.15) is 0 Å². The van der Waals surface area contributed by atoms with Crippen molar-refractivity contribution in [2.75, 3.05) is 0 Å². The van der Waals surface area contributed by atoms with Crippen LogP contribution in [0.5, 0.6) is 0 Å². The van der Waals surface area contributed by atoms with E-state index in [1.165, 1.54) is 0 Å². The highest BCUT2D eigenvalue weighted by atomic mass is 127. The number of hydrogen-bond acceptors (Lipinski definition) is 0.